The molecule has 0 spiro atoms. The number of benzene rings is 5. The minimum Gasteiger partial charge on any atom is -0.485 e. The molecule has 1 aliphatic heterocycles. The molecule has 5 aromatic carbocycles. The first-order valence-corrected chi connectivity index (χ1v) is 15.3. The van der Waals surface area contributed by atoms with Crippen molar-refractivity contribution >= 4 is 51.2 Å². The number of thiophene rings is 1. The summed E-state index contributed by atoms with van der Waals surface area (Å²) in [5.41, 5.74) is 4.03. The van der Waals surface area contributed by atoms with E-state index in [0.29, 0.717) is 35.2 Å². The second-order valence-electron chi connectivity index (χ2n) is 10.5. The second kappa shape index (κ2) is 12.2. The van der Waals surface area contributed by atoms with Crippen molar-refractivity contribution < 1.29 is 23.8 Å². The van der Waals surface area contributed by atoms with E-state index in [9.17, 15) is 4.79 Å². The van der Waals surface area contributed by atoms with E-state index in [-0.39, 0.29) is 5.56 Å². The number of carboxylic acids is 1. The van der Waals surface area contributed by atoms with E-state index in [1.807, 2.05) is 42.5 Å². The maximum absolute atomic E-state index is 15.1. The molecule has 0 saturated carbocycles. The molecule has 0 saturated heterocycles. The van der Waals surface area contributed by atoms with Gasteiger partial charge in [-0.3, -0.25) is 0 Å². The molecule has 6 nitrogen and oxygen atoms in total. The van der Waals surface area contributed by atoms with Crippen molar-refractivity contribution in [1.29, 1.82) is 5.26 Å². The fourth-order valence-electron chi connectivity index (χ4n) is 5.58. The Morgan fingerprint density at radius 1 is 0.804 bits per heavy atom. The first-order valence-electron chi connectivity index (χ1n) is 14.5. The van der Waals surface area contributed by atoms with Crippen LogP contribution in [0.1, 0.15) is 5.56 Å². The van der Waals surface area contributed by atoms with Crippen LogP contribution in [-0.4, -0.2) is 24.3 Å². The minimum atomic E-state index is -1.41. The summed E-state index contributed by atoms with van der Waals surface area (Å²) in [4.78, 5) is 15.0. The molecule has 2 heterocycles. The number of anilines is 3. The van der Waals surface area contributed by atoms with Crippen molar-refractivity contribution in [3.8, 4) is 38.4 Å². The molecule has 46 heavy (non-hydrogen) atoms. The number of hydrogen-bond donors (Lipinski definition) is 1. The maximum Gasteiger partial charge on any atom is 0.346 e. The maximum atomic E-state index is 15.1. The first kappa shape index (κ1) is 28.8. The van der Waals surface area contributed by atoms with Gasteiger partial charge in [0, 0.05) is 22.3 Å². The molecule has 8 heteroatoms. The molecule has 0 bridgehead atoms. The summed E-state index contributed by atoms with van der Waals surface area (Å²) in [7, 11) is 0. The molecule has 224 valence electrons. The normalized spacial score (nSPS) is 12.5. The summed E-state index contributed by atoms with van der Waals surface area (Å²) in [6.45, 7) is 0.751. The first-order chi connectivity index (χ1) is 22.5. The van der Waals surface area contributed by atoms with Crippen molar-refractivity contribution in [2.45, 2.75) is 0 Å². The minimum absolute atomic E-state index is 0.00951. The zero-order valence-corrected chi connectivity index (χ0v) is 25.1. The van der Waals surface area contributed by atoms with Gasteiger partial charge in [0.2, 0.25) is 0 Å². The van der Waals surface area contributed by atoms with Crippen LogP contribution in [0.3, 0.4) is 0 Å². The SMILES string of the molecule is N#C/C(=C\c1ccc(-c2sc(-c3ccc(N(c4ccccc4)c4cccc5ccccc45)cc3)c3c2OCCO3)cc1F)C(=O)O. The van der Waals surface area contributed by atoms with Gasteiger partial charge in [-0.2, -0.15) is 5.26 Å². The number of nitrogens with zero attached hydrogens (tertiary/aromatic N) is 2. The third kappa shape index (κ3) is 5.34. The summed E-state index contributed by atoms with van der Waals surface area (Å²) in [5.74, 6) is -0.910. The van der Waals surface area contributed by atoms with Crippen molar-refractivity contribution in [2.24, 2.45) is 0 Å². The Labute approximate surface area is 268 Å². The number of hydrogen-bond acceptors (Lipinski definition) is 6. The van der Waals surface area contributed by atoms with Crippen molar-refractivity contribution in [3.05, 3.63) is 132 Å². The fraction of sp³-hybridized carbons (Fsp3) is 0.0526. The van der Waals surface area contributed by atoms with Gasteiger partial charge in [0.15, 0.2) is 11.5 Å². The zero-order valence-electron chi connectivity index (χ0n) is 24.3. The lowest BCUT2D eigenvalue weighted by molar-refractivity contribution is -0.132. The second-order valence-corrected chi connectivity index (χ2v) is 11.6. The Hall–Kier alpha value is -5.91. The van der Waals surface area contributed by atoms with Crippen molar-refractivity contribution in [2.75, 3.05) is 18.1 Å². The summed E-state index contributed by atoms with van der Waals surface area (Å²) in [6, 6.07) is 39.2. The van der Waals surface area contributed by atoms with E-state index in [2.05, 4.69) is 59.5 Å². The molecule has 1 N–H and O–H groups in total. The van der Waals surface area contributed by atoms with Crippen molar-refractivity contribution in [3.63, 3.8) is 0 Å². The highest BCUT2D eigenvalue weighted by Crippen LogP contribution is 2.54. The highest BCUT2D eigenvalue weighted by atomic mass is 32.1. The van der Waals surface area contributed by atoms with Gasteiger partial charge < -0.3 is 19.5 Å². The average Bonchev–Trinajstić information content (AvgIpc) is 3.48. The van der Waals surface area contributed by atoms with E-state index < -0.39 is 17.4 Å². The highest BCUT2D eigenvalue weighted by Gasteiger charge is 2.27. The average molecular weight is 625 g/mol. The van der Waals surface area contributed by atoms with E-state index in [0.717, 1.165) is 44.4 Å². The summed E-state index contributed by atoms with van der Waals surface area (Å²) < 4.78 is 27.3. The molecule has 1 aliphatic rings. The van der Waals surface area contributed by atoms with E-state index >= 15 is 4.39 Å². The van der Waals surface area contributed by atoms with Crippen LogP contribution in [0.25, 0.3) is 37.7 Å². The van der Waals surface area contributed by atoms with Gasteiger partial charge in [0.05, 0.1) is 15.4 Å². The van der Waals surface area contributed by atoms with Crippen LogP contribution >= 0.6 is 11.3 Å². The smallest absolute Gasteiger partial charge is 0.346 e. The molecule has 0 radical (unpaired) electrons. The Bertz CT molecular complexity index is 2160. The summed E-state index contributed by atoms with van der Waals surface area (Å²) in [6.07, 6.45) is 1.02. The molecular formula is C38H25FN2O4S. The number of fused-ring (bicyclic) bond motifs is 2. The molecule has 7 rings (SSSR count). The highest BCUT2D eigenvalue weighted by molar-refractivity contribution is 7.19. The molecular weight excluding hydrogens is 599 g/mol. The number of halogens is 1. The standard InChI is InChI=1S/C38H25FN2O4S/c39-32-22-27(14-13-26(32)21-28(23-40)38(42)43)37-35-34(44-19-20-45-35)36(46-37)25-15-17-30(18-16-25)41(29-9-2-1-3-10-29)33-12-6-8-24-7-4-5-11-31(24)33/h1-18,21-22H,19-20H2,(H,42,43)/b28-21+. The predicted molar refractivity (Wildman–Crippen MR) is 180 cm³/mol. The van der Waals surface area contributed by atoms with Gasteiger partial charge >= 0.3 is 5.97 Å². The number of ether oxygens (including phenoxy) is 2. The van der Waals surface area contributed by atoms with Gasteiger partial charge in [0.1, 0.15) is 30.7 Å². The molecule has 1 aromatic heterocycles. The number of para-hydroxylation sites is 1. The molecule has 0 amide bonds. The molecule has 6 aromatic rings. The van der Waals surface area contributed by atoms with Gasteiger partial charge in [-0.05, 0) is 59.0 Å². The molecule has 0 fully saturated rings. The molecule has 0 atom stereocenters. The van der Waals surface area contributed by atoms with Crippen molar-refractivity contribution in [1.82, 2.24) is 0 Å². The van der Waals surface area contributed by atoms with E-state index in [1.54, 1.807) is 12.1 Å². The Morgan fingerprint density at radius 3 is 2.13 bits per heavy atom. The number of carboxylic acid groups (broad SMARTS) is 1. The van der Waals surface area contributed by atoms with E-state index in [4.69, 9.17) is 19.8 Å². The fourth-order valence-corrected chi connectivity index (χ4v) is 6.77. The third-order valence-electron chi connectivity index (χ3n) is 7.72. The van der Waals surface area contributed by atoms with Crippen LogP contribution in [0.4, 0.5) is 21.5 Å². The Balaban J connectivity index is 1.29. The number of rotatable bonds is 7. The summed E-state index contributed by atoms with van der Waals surface area (Å²) >= 11 is 1.44. The Morgan fingerprint density at radius 2 is 1.43 bits per heavy atom. The molecule has 0 unspecified atom stereocenters. The molecule has 0 aliphatic carbocycles. The van der Waals surface area contributed by atoms with Crippen LogP contribution in [0.15, 0.2) is 121 Å². The van der Waals surface area contributed by atoms with Gasteiger partial charge in [-0.1, -0.05) is 78.9 Å². The van der Waals surface area contributed by atoms with E-state index in [1.165, 1.54) is 23.5 Å². The van der Waals surface area contributed by atoms with Crippen LogP contribution in [0.5, 0.6) is 11.5 Å². The zero-order chi connectivity index (χ0) is 31.6. The van der Waals surface area contributed by atoms with Gasteiger partial charge in [0.25, 0.3) is 0 Å². The summed E-state index contributed by atoms with van der Waals surface area (Å²) in [5, 5.41) is 20.5. The predicted octanol–water partition coefficient (Wildman–Crippen LogP) is 9.61. The quantitative estimate of drug-likeness (QED) is 0.141. The van der Waals surface area contributed by atoms with Crippen LogP contribution in [-0.2, 0) is 4.79 Å². The van der Waals surface area contributed by atoms with Crippen LogP contribution < -0.4 is 14.4 Å². The Kier molecular flexibility index (Phi) is 7.67. The number of nitriles is 1. The monoisotopic (exact) mass is 624 g/mol. The third-order valence-corrected chi connectivity index (χ3v) is 8.97. The lowest BCUT2D eigenvalue weighted by atomic mass is 10.1. The lowest BCUT2D eigenvalue weighted by Crippen LogP contribution is -2.14. The van der Waals surface area contributed by atoms with Gasteiger partial charge in [-0.15, -0.1) is 11.3 Å². The van der Waals surface area contributed by atoms with Gasteiger partial charge in [-0.25, -0.2) is 9.18 Å². The number of aliphatic carboxylic acids is 1. The lowest BCUT2D eigenvalue weighted by Gasteiger charge is -2.27. The number of carbonyl (C=O) groups is 1. The largest absolute Gasteiger partial charge is 0.485 e. The topological polar surface area (TPSA) is 82.8 Å². The van der Waals surface area contributed by atoms with Crippen LogP contribution in [0, 0.1) is 17.1 Å². The van der Waals surface area contributed by atoms with Crippen LogP contribution in [0.2, 0.25) is 0 Å².